The van der Waals surface area contributed by atoms with Crippen LogP contribution in [0.1, 0.15) is 12.8 Å². The predicted molar refractivity (Wildman–Crippen MR) is 63.8 cm³/mol. The van der Waals surface area contributed by atoms with E-state index in [0.717, 1.165) is 18.9 Å². The molecule has 0 radical (unpaired) electrons. The summed E-state index contributed by atoms with van der Waals surface area (Å²) in [6.45, 7) is 0. The third-order valence-electron chi connectivity index (χ3n) is 3.65. The maximum absolute atomic E-state index is 13.1. The van der Waals surface area contributed by atoms with Gasteiger partial charge >= 0.3 is 12.1 Å². The van der Waals surface area contributed by atoms with Crippen LogP contribution in [-0.2, 0) is 9.53 Å². The molecule has 3 nitrogen and oxygen atoms in total. The number of aliphatic carboxylic acids is 1. The number of carboxylic acids is 1. The van der Waals surface area contributed by atoms with E-state index in [-0.39, 0.29) is 11.0 Å². The van der Waals surface area contributed by atoms with E-state index in [0.29, 0.717) is 5.57 Å². The van der Waals surface area contributed by atoms with Gasteiger partial charge in [-0.15, -0.1) is 0 Å². The number of allylic oxidation sites excluding steroid dienone is 2. The highest BCUT2D eigenvalue weighted by Crippen LogP contribution is 2.49. The van der Waals surface area contributed by atoms with E-state index >= 15 is 0 Å². The summed E-state index contributed by atoms with van der Waals surface area (Å²) in [4.78, 5) is 11.0. The number of halogens is 4. The largest absolute Gasteiger partial charge is 0.476 e. The maximum atomic E-state index is 13.1. The Balaban J connectivity index is 2.03. The molecule has 0 spiro atoms. The van der Waals surface area contributed by atoms with Crippen molar-refractivity contribution in [3.63, 3.8) is 0 Å². The molecule has 0 aromatic rings. The van der Waals surface area contributed by atoms with Crippen molar-refractivity contribution in [3.8, 4) is 0 Å². The molecule has 0 bridgehead atoms. The van der Waals surface area contributed by atoms with Crippen molar-refractivity contribution in [1.82, 2.24) is 0 Å². The van der Waals surface area contributed by atoms with Crippen molar-refractivity contribution >= 4 is 17.6 Å². The zero-order valence-corrected chi connectivity index (χ0v) is 10.8. The van der Waals surface area contributed by atoms with Gasteiger partial charge < -0.3 is 9.84 Å². The first-order valence-electron chi connectivity index (χ1n) is 6.09. The Bertz CT molecular complexity index is 570. The molecule has 3 rings (SSSR count). The van der Waals surface area contributed by atoms with Crippen molar-refractivity contribution in [2.75, 3.05) is 0 Å². The molecule has 0 amide bonds. The highest BCUT2D eigenvalue weighted by atomic mass is 35.5. The average Bonchev–Trinajstić information content (AvgIpc) is 3.12. The number of hydrogen-bond donors (Lipinski definition) is 1. The molecule has 108 valence electrons. The van der Waals surface area contributed by atoms with Gasteiger partial charge in [0.25, 0.3) is 0 Å². The number of rotatable bonds is 2. The van der Waals surface area contributed by atoms with E-state index in [1.54, 1.807) is 6.08 Å². The lowest BCUT2D eigenvalue weighted by atomic mass is 9.86. The summed E-state index contributed by atoms with van der Waals surface area (Å²) in [5.74, 6) is -2.79. The molecule has 0 aromatic carbocycles. The van der Waals surface area contributed by atoms with Crippen molar-refractivity contribution in [2.45, 2.75) is 25.1 Å². The number of fused-ring (bicyclic) bond motifs is 1. The number of carboxylic acid groups (broad SMARTS) is 1. The molecule has 1 fully saturated rings. The molecule has 1 aliphatic heterocycles. The van der Waals surface area contributed by atoms with Crippen LogP contribution < -0.4 is 0 Å². The highest BCUT2D eigenvalue weighted by molar-refractivity contribution is 6.32. The van der Waals surface area contributed by atoms with Crippen LogP contribution >= 0.6 is 11.6 Å². The highest BCUT2D eigenvalue weighted by Gasteiger charge is 2.51. The molecular weight excluding hydrogens is 297 g/mol. The Morgan fingerprint density at radius 3 is 2.55 bits per heavy atom. The fraction of sp³-hybridized carbons (Fsp3) is 0.462. The van der Waals surface area contributed by atoms with E-state index < -0.39 is 35.5 Å². The molecule has 1 heterocycles. The third kappa shape index (κ3) is 2.12. The summed E-state index contributed by atoms with van der Waals surface area (Å²) >= 11 is 5.89. The van der Waals surface area contributed by atoms with Gasteiger partial charge in [0, 0.05) is 0 Å². The van der Waals surface area contributed by atoms with Crippen molar-refractivity contribution < 1.29 is 27.8 Å². The molecule has 0 aromatic heterocycles. The minimum Gasteiger partial charge on any atom is -0.476 e. The van der Waals surface area contributed by atoms with Crippen molar-refractivity contribution in [1.29, 1.82) is 0 Å². The summed E-state index contributed by atoms with van der Waals surface area (Å²) in [7, 11) is 0. The van der Waals surface area contributed by atoms with Crippen LogP contribution in [-0.4, -0.2) is 23.4 Å². The van der Waals surface area contributed by atoms with Crippen LogP contribution in [0.4, 0.5) is 13.2 Å². The van der Waals surface area contributed by atoms with Crippen LogP contribution in [0.2, 0.25) is 0 Å². The van der Waals surface area contributed by atoms with Crippen LogP contribution in [0, 0.1) is 11.8 Å². The lowest BCUT2D eigenvalue weighted by molar-refractivity contribution is -0.138. The molecular formula is C13H10ClF3O3. The van der Waals surface area contributed by atoms with Gasteiger partial charge in [-0.2, -0.15) is 13.2 Å². The minimum absolute atomic E-state index is 0.117. The fourth-order valence-electron chi connectivity index (χ4n) is 2.54. The van der Waals surface area contributed by atoms with Gasteiger partial charge in [0.2, 0.25) is 5.76 Å². The minimum atomic E-state index is -4.57. The van der Waals surface area contributed by atoms with E-state index in [4.69, 9.17) is 21.4 Å². The first-order chi connectivity index (χ1) is 9.29. The second-order valence-corrected chi connectivity index (χ2v) is 5.49. The molecule has 2 unspecified atom stereocenters. The topological polar surface area (TPSA) is 46.5 Å². The van der Waals surface area contributed by atoms with Crippen LogP contribution in [0.3, 0.4) is 0 Å². The first-order valence-corrected chi connectivity index (χ1v) is 6.47. The lowest BCUT2D eigenvalue weighted by Crippen LogP contribution is -2.31. The zero-order chi connectivity index (χ0) is 14.7. The Morgan fingerprint density at radius 1 is 1.40 bits per heavy atom. The molecule has 3 aliphatic rings. The van der Waals surface area contributed by atoms with Crippen molar-refractivity contribution in [3.05, 3.63) is 34.1 Å². The summed E-state index contributed by atoms with van der Waals surface area (Å²) in [6, 6.07) is 0. The van der Waals surface area contributed by atoms with Gasteiger partial charge in [0.1, 0.15) is 6.10 Å². The smallest absolute Gasteiger partial charge is 0.416 e. The van der Waals surface area contributed by atoms with E-state index in [1.807, 2.05) is 0 Å². The monoisotopic (exact) mass is 306 g/mol. The van der Waals surface area contributed by atoms with Gasteiger partial charge in [-0.05, 0) is 30.4 Å². The lowest BCUT2D eigenvalue weighted by Gasteiger charge is -2.27. The third-order valence-corrected chi connectivity index (χ3v) is 4.08. The normalized spacial score (nSPS) is 29.6. The second-order valence-electron chi connectivity index (χ2n) is 5.08. The van der Waals surface area contributed by atoms with Gasteiger partial charge in [-0.25, -0.2) is 4.79 Å². The van der Waals surface area contributed by atoms with E-state index in [9.17, 15) is 18.0 Å². The van der Waals surface area contributed by atoms with Gasteiger partial charge in [0.15, 0.2) is 0 Å². The SMILES string of the molecule is O=C(O)C1=C(Cl)C2C=C(C3CC3)C=C(C(F)(F)F)C2O1. The Hall–Kier alpha value is -1.43. The fourth-order valence-corrected chi connectivity index (χ4v) is 2.84. The predicted octanol–water partition coefficient (Wildman–Crippen LogP) is 3.38. The maximum Gasteiger partial charge on any atom is 0.416 e. The number of hydrogen-bond acceptors (Lipinski definition) is 2. The quantitative estimate of drug-likeness (QED) is 0.851. The molecule has 2 aliphatic carbocycles. The Labute approximate surface area is 117 Å². The number of carbonyl (C=O) groups is 1. The van der Waals surface area contributed by atoms with E-state index in [1.165, 1.54) is 0 Å². The molecule has 2 atom stereocenters. The second kappa shape index (κ2) is 4.28. The van der Waals surface area contributed by atoms with Crippen molar-refractivity contribution in [2.24, 2.45) is 11.8 Å². The summed E-state index contributed by atoms with van der Waals surface area (Å²) in [6.07, 6.45) is -1.58. The van der Waals surface area contributed by atoms with Crippen LogP contribution in [0.5, 0.6) is 0 Å². The first kappa shape index (κ1) is 13.5. The number of ether oxygens (including phenoxy) is 1. The van der Waals surface area contributed by atoms with Gasteiger partial charge in [0.05, 0.1) is 16.5 Å². The van der Waals surface area contributed by atoms with Crippen LogP contribution in [0.25, 0.3) is 0 Å². The summed E-state index contributed by atoms with van der Waals surface area (Å²) < 4.78 is 44.3. The van der Waals surface area contributed by atoms with Gasteiger partial charge in [-0.1, -0.05) is 17.7 Å². The summed E-state index contributed by atoms with van der Waals surface area (Å²) in [5, 5.41) is 8.75. The molecule has 0 saturated heterocycles. The standard InChI is InChI=1S/C13H10ClF3O3/c14-9-7-3-6(5-1-2-5)4-8(13(15,16)17)10(7)20-11(9)12(18)19/h3-5,7,10H,1-2H2,(H,18,19). The summed E-state index contributed by atoms with van der Waals surface area (Å²) in [5.41, 5.74) is -0.284. The Morgan fingerprint density at radius 2 is 2.05 bits per heavy atom. The number of alkyl halides is 3. The van der Waals surface area contributed by atoms with Gasteiger partial charge in [-0.3, -0.25) is 0 Å². The van der Waals surface area contributed by atoms with Crippen LogP contribution in [0.15, 0.2) is 34.1 Å². The Kier molecular flexibility index (Phi) is 2.90. The molecule has 20 heavy (non-hydrogen) atoms. The average molecular weight is 307 g/mol. The molecule has 1 N–H and O–H groups in total. The molecule has 1 saturated carbocycles. The zero-order valence-electron chi connectivity index (χ0n) is 10.1. The van der Waals surface area contributed by atoms with E-state index in [2.05, 4.69) is 0 Å². The molecule has 7 heteroatoms.